The highest BCUT2D eigenvalue weighted by Gasteiger charge is 2.45. The number of nitrogens with one attached hydrogen (secondary N) is 2. The molecule has 10 heteroatoms. The van der Waals surface area contributed by atoms with Gasteiger partial charge < -0.3 is 24.8 Å². The van der Waals surface area contributed by atoms with E-state index in [2.05, 4.69) is 31.6 Å². The van der Waals surface area contributed by atoms with E-state index in [0.717, 1.165) is 43.6 Å². The Hall–Kier alpha value is -3.08. The Morgan fingerprint density at radius 2 is 2.17 bits per heavy atom. The molecule has 3 aromatic heterocycles. The summed E-state index contributed by atoms with van der Waals surface area (Å²) in [6, 6.07) is 6.03. The number of fused-ring (bicyclic) bond motifs is 1. The molecule has 6 rings (SSSR count). The van der Waals surface area contributed by atoms with Crippen molar-refractivity contribution in [2.75, 3.05) is 52.3 Å². The van der Waals surface area contributed by atoms with Crippen molar-refractivity contribution in [2.24, 2.45) is 0 Å². The van der Waals surface area contributed by atoms with E-state index in [1.54, 1.807) is 25.2 Å². The van der Waals surface area contributed by atoms with Crippen LogP contribution in [0.1, 0.15) is 41.4 Å². The van der Waals surface area contributed by atoms with Gasteiger partial charge in [-0.3, -0.25) is 9.69 Å². The molecule has 2 N–H and O–H groups in total. The van der Waals surface area contributed by atoms with Crippen LogP contribution in [0.4, 0.5) is 11.8 Å². The van der Waals surface area contributed by atoms with Gasteiger partial charge in [0.15, 0.2) is 0 Å². The predicted molar refractivity (Wildman–Crippen MR) is 133 cm³/mol. The molecule has 0 unspecified atom stereocenters. The number of amides is 1. The molecule has 1 aliphatic carbocycles. The lowest BCUT2D eigenvalue weighted by Crippen LogP contribution is -2.51. The average molecular weight is 477 g/mol. The third-order valence-electron chi connectivity index (χ3n) is 7.25. The van der Waals surface area contributed by atoms with Gasteiger partial charge in [-0.15, -0.1) is 0 Å². The summed E-state index contributed by atoms with van der Waals surface area (Å²) in [6.45, 7) is 5.41. The Kier molecular flexibility index (Phi) is 5.66. The first-order valence-corrected chi connectivity index (χ1v) is 12.4. The number of hydrogen-bond donors (Lipinski definition) is 2. The molecule has 3 aliphatic rings. The topological polar surface area (TPSA) is 100 Å². The largest absolute Gasteiger partial charge is 0.379 e. The molecule has 10 nitrogen and oxygen atoms in total. The highest BCUT2D eigenvalue weighted by atomic mass is 16.5. The number of pyridine rings is 1. The van der Waals surface area contributed by atoms with E-state index < -0.39 is 0 Å². The van der Waals surface area contributed by atoms with Crippen molar-refractivity contribution in [3.8, 4) is 0 Å². The van der Waals surface area contributed by atoms with Gasteiger partial charge in [-0.05, 0) is 37.0 Å². The summed E-state index contributed by atoms with van der Waals surface area (Å²) in [5.74, 6) is 1.09. The molecule has 2 aliphatic heterocycles. The van der Waals surface area contributed by atoms with Crippen LogP contribution in [0.2, 0.25) is 0 Å². The van der Waals surface area contributed by atoms with Crippen LogP contribution in [0, 0.1) is 0 Å². The van der Waals surface area contributed by atoms with Crippen molar-refractivity contribution in [1.29, 1.82) is 0 Å². The fraction of sp³-hybridized carbons (Fsp3) is 0.520. The third-order valence-corrected chi connectivity index (χ3v) is 7.25. The van der Waals surface area contributed by atoms with Gasteiger partial charge in [0.25, 0.3) is 5.91 Å². The van der Waals surface area contributed by atoms with Gasteiger partial charge in [0, 0.05) is 70.2 Å². The first kappa shape index (κ1) is 22.4. The fourth-order valence-electron chi connectivity index (χ4n) is 5.18. The number of hydrogen-bond acceptors (Lipinski definition) is 8. The monoisotopic (exact) mass is 476 g/mol. The minimum Gasteiger partial charge on any atom is -0.379 e. The summed E-state index contributed by atoms with van der Waals surface area (Å²) in [6.07, 6.45) is 7.11. The lowest BCUT2D eigenvalue weighted by molar-refractivity contribution is 0.0814. The Balaban J connectivity index is 1.21. The maximum absolute atomic E-state index is 12.9. The fourth-order valence-corrected chi connectivity index (χ4v) is 5.18. The van der Waals surface area contributed by atoms with E-state index in [1.165, 1.54) is 18.4 Å². The van der Waals surface area contributed by atoms with Crippen LogP contribution in [0.15, 0.2) is 30.6 Å². The zero-order valence-electron chi connectivity index (χ0n) is 20.3. The first-order valence-electron chi connectivity index (χ1n) is 12.4. The lowest BCUT2D eigenvalue weighted by atomic mass is 10.1. The molecule has 0 bridgehead atoms. The second kappa shape index (κ2) is 8.85. The molecule has 35 heavy (non-hydrogen) atoms. The van der Waals surface area contributed by atoms with Gasteiger partial charge in [-0.2, -0.15) is 4.98 Å². The maximum Gasteiger partial charge on any atom is 0.270 e. The molecule has 5 heterocycles. The molecule has 3 aromatic rings. The summed E-state index contributed by atoms with van der Waals surface area (Å²) in [4.78, 5) is 30.8. The van der Waals surface area contributed by atoms with Crippen LogP contribution in [0.3, 0.4) is 0 Å². The lowest BCUT2D eigenvalue weighted by Gasteiger charge is -2.33. The molecule has 1 saturated carbocycles. The Labute approximate surface area is 204 Å². The predicted octanol–water partition coefficient (Wildman–Crippen LogP) is 2.17. The van der Waals surface area contributed by atoms with Gasteiger partial charge in [0.1, 0.15) is 17.2 Å². The van der Waals surface area contributed by atoms with E-state index >= 15 is 0 Å². The van der Waals surface area contributed by atoms with E-state index in [9.17, 15) is 4.79 Å². The number of carbonyl (C=O) groups excluding carboxylic acids is 1. The number of carbonyl (C=O) groups is 1. The van der Waals surface area contributed by atoms with E-state index in [4.69, 9.17) is 9.72 Å². The number of ether oxygens (including phenoxy) is 1. The number of aromatic nitrogens is 4. The zero-order chi connectivity index (χ0) is 24.0. The minimum absolute atomic E-state index is 0.0567. The molecular formula is C25H32N8O2. The third kappa shape index (κ3) is 4.49. The summed E-state index contributed by atoms with van der Waals surface area (Å²) in [7, 11) is 3.52. The van der Waals surface area contributed by atoms with Crippen LogP contribution in [-0.2, 0) is 11.3 Å². The molecular weight excluding hydrogens is 444 g/mol. The standard InChI is InChI=1S/C25H32N8O2/c1-31(2)23(34)20-11-18-13-27-24(30-22(18)33(20)19-5-10-35-15-19)29-21-4-3-17(12-26-21)14-32-9-8-28-25(16-32)6-7-25/h3-4,11-13,19,28H,5-10,14-16H2,1-2H3,(H,26,27,29,30)/t19-/m0/s1. The highest BCUT2D eigenvalue weighted by molar-refractivity contribution is 5.97. The van der Waals surface area contributed by atoms with E-state index in [0.29, 0.717) is 36.2 Å². The molecule has 0 aromatic carbocycles. The van der Waals surface area contributed by atoms with Crippen molar-refractivity contribution in [1.82, 2.24) is 34.6 Å². The highest BCUT2D eigenvalue weighted by Crippen LogP contribution is 2.37. The van der Waals surface area contributed by atoms with Gasteiger partial charge in [-0.25, -0.2) is 9.97 Å². The van der Waals surface area contributed by atoms with Crippen LogP contribution in [-0.4, -0.2) is 87.7 Å². The van der Waals surface area contributed by atoms with Crippen molar-refractivity contribution < 1.29 is 9.53 Å². The summed E-state index contributed by atoms with van der Waals surface area (Å²) in [5, 5.41) is 7.72. The zero-order valence-corrected chi connectivity index (χ0v) is 20.3. The number of rotatable bonds is 6. The minimum atomic E-state index is -0.0567. The van der Waals surface area contributed by atoms with Crippen molar-refractivity contribution in [2.45, 2.75) is 37.4 Å². The number of piperazine rings is 1. The molecule has 1 spiro atoms. The molecule has 2 saturated heterocycles. The smallest absolute Gasteiger partial charge is 0.270 e. The van der Waals surface area contributed by atoms with Crippen LogP contribution in [0.5, 0.6) is 0 Å². The van der Waals surface area contributed by atoms with Crippen LogP contribution >= 0.6 is 0 Å². The van der Waals surface area contributed by atoms with Crippen LogP contribution in [0.25, 0.3) is 11.0 Å². The molecule has 1 atom stereocenters. The normalized spacial score (nSPS) is 21.5. The van der Waals surface area contributed by atoms with Crippen molar-refractivity contribution in [3.05, 3.63) is 41.9 Å². The molecule has 184 valence electrons. The number of anilines is 2. The van der Waals surface area contributed by atoms with Gasteiger partial charge in [0.2, 0.25) is 5.95 Å². The second-order valence-electron chi connectivity index (χ2n) is 10.2. The van der Waals surface area contributed by atoms with Crippen LogP contribution < -0.4 is 10.6 Å². The Morgan fingerprint density at radius 3 is 2.89 bits per heavy atom. The Bertz CT molecular complexity index is 1230. The van der Waals surface area contributed by atoms with E-state index in [1.807, 2.05) is 22.9 Å². The molecule has 0 radical (unpaired) electrons. The first-order chi connectivity index (χ1) is 17.0. The van der Waals surface area contributed by atoms with Gasteiger partial charge in [0.05, 0.1) is 12.6 Å². The van der Waals surface area contributed by atoms with E-state index in [-0.39, 0.29) is 11.9 Å². The van der Waals surface area contributed by atoms with Gasteiger partial charge in [-0.1, -0.05) is 6.07 Å². The molecule has 1 amide bonds. The SMILES string of the molecule is CN(C)C(=O)c1cc2cnc(Nc3ccc(CN4CCNC5(CC5)C4)cn3)nc2n1[C@H]1CCOC1. The summed E-state index contributed by atoms with van der Waals surface area (Å²) in [5.41, 5.74) is 2.91. The van der Waals surface area contributed by atoms with Crippen molar-refractivity contribution in [3.63, 3.8) is 0 Å². The molecule has 3 fully saturated rings. The number of nitrogens with zero attached hydrogens (tertiary/aromatic N) is 6. The Morgan fingerprint density at radius 1 is 1.29 bits per heavy atom. The average Bonchev–Trinajstić information content (AvgIpc) is 3.23. The maximum atomic E-state index is 12.9. The second-order valence-corrected chi connectivity index (χ2v) is 10.2. The summed E-state index contributed by atoms with van der Waals surface area (Å²) >= 11 is 0. The van der Waals surface area contributed by atoms with Gasteiger partial charge >= 0.3 is 0 Å². The quantitative estimate of drug-likeness (QED) is 0.558. The van der Waals surface area contributed by atoms with Crippen molar-refractivity contribution >= 4 is 28.7 Å². The summed E-state index contributed by atoms with van der Waals surface area (Å²) < 4.78 is 7.62.